The largest absolute Gasteiger partial charge is 0.279 e. The number of pyridine rings is 1. The van der Waals surface area contributed by atoms with Crippen LogP contribution in [0.3, 0.4) is 0 Å². The lowest BCUT2D eigenvalue weighted by atomic mass is 10.2. The van der Waals surface area contributed by atoms with E-state index in [0.29, 0.717) is 10.2 Å². The van der Waals surface area contributed by atoms with Crippen LogP contribution >= 0.6 is 22.9 Å². The highest BCUT2D eigenvalue weighted by atomic mass is 35.5. The lowest BCUT2D eigenvalue weighted by molar-refractivity contribution is 0.0985. The van der Waals surface area contributed by atoms with E-state index in [9.17, 15) is 13.2 Å². The van der Waals surface area contributed by atoms with Crippen LogP contribution in [0, 0.1) is 0 Å². The van der Waals surface area contributed by atoms with Gasteiger partial charge in [0, 0.05) is 23.0 Å². The van der Waals surface area contributed by atoms with E-state index < -0.39 is 15.1 Å². The zero-order chi connectivity index (χ0) is 22.9. The molecule has 0 fully saturated rings. The van der Waals surface area contributed by atoms with Gasteiger partial charge in [-0.2, -0.15) is 0 Å². The minimum absolute atomic E-state index is 0.123. The number of anilines is 1. The number of halogens is 1. The van der Waals surface area contributed by atoms with Crippen LogP contribution in [0.4, 0.5) is 5.13 Å². The summed E-state index contributed by atoms with van der Waals surface area (Å²) >= 11 is 7.47. The van der Waals surface area contributed by atoms with E-state index >= 15 is 0 Å². The number of nitrogens with zero attached hydrogens (tertiary/aromatic N) is 3. The predicted molar refractivity (Wildman–Crippen MR) is 128 cm³/mol. The maximum absolute atomic E-state index is 13.6. The van der Waals surface area contributed by atoms with Gasteiger partial charge in [-0.3, -0.25) is 14.7 Å². The molecule has 0 aliphatic heterocycles. The molecule has 32 heavy (non-hydrogen) atoms. The van der Waals surface area contributed by atoms with Gasteiger partial charge in [0.25, 0.3) is 5.91 Å². The number of thiazole rings is 1. The molecular weight excluding hydrogens is 466 g/mol. The molecule has 4 aromatic rings. The zero-order valence-electron chi connectivity index (χ0n) is 17.4. The van der Waals surface area contributed by atoms with Gasteiger partial charge < -0.3 is 0 Å². The highest BCUT2D eigenvalue weighted by Gasteiger charge is 2.25. The van der Waals surface area contributed by atoms with Crippen LogP contribution < -0.4 is 4.90 Å². The summed E-state index contributed by atoms with van der Waals surface area (Å²) in [6, 6.07) is 15.2. The van der Waals surface area contributed by atoms with Crippen LogP contribution in [0.25, 0.3) is 10.2 Å². The molecule has 0 radical (unpaired) electrons. The Hall–Kier alpha value is -2.81. The molecule has 1 amide bonds. The van der Waals surface area contributed by atoms with E-state index in [1.807, 2.05) is 24.3 Å². The fourth-order valence-electron chi connectivity index (χ4n) is 3.13. The number of carbonyl (C=O) groups excluding carboxylic acids is 1. The van der Waals surface area contributed by atoms with E-state index in [0.717, 1.165) is 15.8 Å². The third-order valence-corrected chi connectivity index (χ3v) is 8.36. The van der Waals surface area contributed by atoms with Crippen molar-refractivity contribution in [2.75, 3.05) is 4.90 Å². The van der Waals surface area contributed by atoms with Gasteiger partial charge in [0.15, 0.2) is 15.0 Å². The number of benzene rings is 2. The Morgan fingerprint density at radius 3 is 2.56 bits per heavy atom. The lowest BCUT2D eigenvalue weighted by Crippen LogP contribution is -2.30. The van der Waals surface area contributed by atoms with E-state index in [-0.39, 0.29) is 22.9 Å². The van der Waals surface area contributed by atoms with E-state index in [2.05, 4.69) is 9.97 Å². The average molecular weight is 486 g/mol. The average Bonchev–Trinajstić information content (AvgIpc) is 3.20. The fourth-order valence-corrected chi connectivity index (χ4v) is 5.48. The van der Waals surface area contributed by atoms with Gasteiger partial charge in [-0.1, -0.05) is 29.0 Å². The lowest BCUT2D eigenvalue weighted by Gasteiger charge is -2.20. The Bertz CT molecular complexity index is 1390. The summed E-state index contributed by atoms with van der Waals surface area (Å²) in [5, 5.41) is 0.502. The summed E-state index contributed by atoms with van der Waals surface area (Å²) < 4.78 is 26.1. The second kappa shape index (κ2) is 8.97. The van der Waals surface area contributed by atoms with Crippen molar-refractivity contribution >= 4 is 54.0 Å². The van der Waals surface area contributed by atoms with Crippen LogP contribution in [0.5, 0.6) is 0 Å². The van der Waals surface area contributed by atoms with Crippen LogP contribution in [0.1, 0.15) is 29.8 Å². The number of fused-ring (bicyclic) bond motifs is 1. The second-order valence-corrected chi connectivity index (χ2v) is 11.4. The Kier molecular flexibility index (Phi) is 6.28. The van der Waals surface area contributed by atoms with E-state index in [1.165, 1.54) is 23.5 Å². The first-order chi connectivity index (χ1) is 15.3. The first kappa shape index (κ1) is 22.4. The normalized spacial score (nSPS) is 11.8. The molecule has 2 heterocycles. The van der Waals surface area contributed by atoms with Crippen molar-refractivity contribution in [3.05, 3.63) is 83.1 Å². The topological polar surface area (TPSA) is 80.2 Å². The third kappa shape index (κ3) is 4.53. The maximum atomic E-state index is 13.6. The molecule has 0 saturated carbocycles. The second-order valence-electron chi connectivity index (χ2n) is 7.48. The number of rotatable bonds is 6. The van der Waals surface area contributed by atoms with Crippen LogP contribution in [0.15, 0.2) is 71.9 Å². The molecule has 0 aliphatic carbocycles. The minimum Gasteiger partial charge on any atom is -0.279 e. The summed E-state index contributed by atoms with van der Waals surface area (Å²) in [4.78, 5) is 23.9. The van der Waals surface area contributed by atoms with Gasteiger partial charge in [-0.15, -0.1) is 0 Å². The monoisotopic (exact) mass is 485 g/mol. The highest BCUT2D eigenvalue weighted by molar-refractivity contribution is 7.92. The molecule has 0 spiro atoms. The van der Waals surface area contributed by atoms with Gasteiger partial charge in [-0.05, 0) is 67.9 Å². The fraction of sp³-hybridized carbons (Fsp3) is 0.174. The van der Waals surface area contributed by atoms with Crippen molar-refractivity contribution in [3.63, 3.8) is 0 Å². The van der Waals surface area contributed by atoms with E-state index in [1.54, 1.807) is 49.3 Å². The summed E-state index contributed by atoms with van der Waals surface area (Å²) in [5.41, 5.74) is 1.88. The number of aromatic nitrogens is 2. The molecule has 4 rings (SSSR count). The summed E-state index contributed by atoms with van der Waals surface area (Å²) in [6.07, 6.45) is 3.32. The number of hydrogen-bond acceptors (Lipinski definition) is 6. The molecule has 2 aromatic carbocycles. The SMILES string of the molecule is CC(C)S(=O)(=O)c1cccc(C(=O)N(Cc2ccncc2)c2nc3ccc(Cl)cc3s2)c1. The molecule has 0 saturated heterocycles. The molecule has 0 bridgehead atoms. The third-order valence-electron chi connectivity index (χ3n) is 4.94. The summed E-state index contributed by atoms with van der Waals surface area (Å²) in [7, 11) is -3.51. The smallest absolute Gasteiger partial charge is 0.260 e. The van der Waals surface area contributed by atoms with Gasteiger partial charge in [0.05, 0.1) is 26.9 Å². The van der Waals surface area contributed by atoms with Crippen molar-refractivity contribution in [3.8, 4) is 0 Å². The molecular formula is C23H20ClN3O3S2. The first-order valence-corrected chi connectivity index (χ1v) is 12.6. The Labute approximate surface area is 195 Å². The van der Waals surface area contributed by atoms with Gasteiger partial charge in [0.2, 0.25) is 0 Å². The molecule has 6 nitrogen and oxygen atoms in total. The molecule has 0 atom stereocenters. The maximum Gasteiger partial charge on any atom is 0.260 e. The van der Waals surface area contributed by atoms with Crippen LogP contribution in [-0.4, -0.2) is 29.5 Å². The number of amides is 1. The molecule has 0 aliphatic rings. The standard InChI is InChI=1S/C23H20ClN3O3S2/c1-15(2)32(29,30)19-5-3-4-17(12-19)22(28)27(14-16-8-10-25-11-9-16)23-26-20-7-6-18(24)13-21(20)31-23/h3-13,15H,14H2,1-2H3. The van der Waals surface area contributed by atoms with Crippen LogP contribution in [0.2, 0.25) is 5.02 Å². The van der Waals surface area contributed by atoms with Crippen molar-refractivity contribution in [2.45, 2.75) is 30.5 Å². The summed E-state index contributed by atoms with van der Waals surface area (Å²) in [6.45, 7) is 3.49. The van der Waals surface area contributed by atoms with Crippen LogP contribution in [-0.2, 0) is 16.4 Å². The van der Waals surface area contributed by atoms with Gasteiger partial charge in [-0.25, -0.2) is 13.4 Å². The minimum atomic E-state index is -3.51. The molecule has 0 N–H and O–H groups in total. The van der Waals surface area contributed by atoms with Crippen molar-refractivity contribution in [2.24, 2.45) is 0 Å². The number of sulfone groups is 1. The Morgan fingerprint density at radius 1 is 1.09 bits per heavy atom. The highest BCUT2D eigenvalue weighted by Crippen LogP contribution is 2.32. The molecule has 2 aromatic heterocycles. The van der Waals surface area contributed by atoms with Crippen molar-refractivity contribution in [1.82, 2.24) is 9.97 Å². The zero-order valence-corrected chi connectivity index (χ0v) is 19.8. The predicted octanol–water partition coefficient (Wildman–Crippen LogP) is 5.37. The van der Waals surface area contributed by atoms with Crippen molar-refractivity contribution < 1.29 is 13.2 Å². The molecule has 164 valence electrons. The van der Waals surface area contributed by atoms with Gasteiger partial charge in [0.1, 0.15) is 0 Å². The quantitative estimate of drug-likeness (QED) is 0.366. The molecule has 9 heteroatoms. The summed E-state index contributed by atoms with van der Waals surface area (Å²) in [5.74, 6) is -0.340. The van der Waals surface area contributed by atoms with E-state index in [4.69, 9.17) is 11.6 Å². The number of hydrogen-bond donors (Lipinski definition) is 0. The molecule has 0 unspecified atom stereocenters. The van der Waals surface area contributed by atoms with Gasteiger partial charge >= 0.3 is 0 Å². The van der Waals surface area contributed by atoms with Crippen molar-refractivity contribution in [1.29, 1.82) is 0 Å². The number of carbonyl (C=O) groups is 1. The Morgan fingerprint density at radius 2 is 1.84 bits per heavy atom. The Balaban J connectivity index is 1.78. The first-order valence-electron chi connectivity index (χ1n) is 9.86.